The van der Waals surface area contributed by atoms with Gasteiger partial charge in [0.2, 0.25) is 5.91 Å². The molecule has 1 aromatic rings. The van der Waals surface area contributed by atoms with E-state index in [1.165, 1.54) is 11.1 Å². The Kier molecular flexibility index (Phi) is 3.20. The van der Waals surface area contributed by atoms with Crippen LogP contribution in [0.4, 0.5) is 0 Å². The van der Waals surface area contributed by atoms with Gasteiger partial charge in [-0.2, -0.15) is 0 Å². The van der Waals surface area contributed by atoms with Gasteiger partial charge in [0, 0.05) is 6.54 Å². The molecule has 1 aliphatic carbocycles. The van der Waals surface area contributed by atoms with E-state index in [-0.39, 0.29) is 17.2 Å². The summed E-state index contributed by atoms with van der Waals surface area (Å²) >= 11 is 5.46. The fourth-order valence-corrected chi connectivity index (χ4v) is 2.46. The summed E-state index contributed by atoms with van der Waals surface area (Å²) in [5.41, 5.74) is 2.96. The van der Waals surface area contributed by atoms with Crippen molar-refractivity contribution in [3.8, 4) is 0 Å². The standard InChI is InChI=1S/C13H16ClNO/c1-13(9-15-12(16)8-14)6-10-4-2-3-5-11(10)7-13/h2-5H,6-9H2,1H3,(H,15,16). The van der Waals surface area contributed by atoms with Crippen molar-refractivity contribution in [3.05, 3.63) is 35.4 Å². The van der Waals surface area contributed by atoms with E-state index in [1.54, 1.807) is 0 Å². The zero-order chi connectivity index (χ0) is 11.6. The number of alkyl halides is 1. The molecular weight excluding hydrogens is 222 g/mol. The second-order valence-corrected chi connectivity index (χ2v) is 5.11. The van der Waals surface area contributed by atoms with Crippen molar-refractivity contribution < 1.29 is 4.79 Å². The highest BCUT2D eigenvalue weighted by atomic mass is 35.5. The molecule has 0 spiro atoms. The summed E-state index contributed by atoms with van der Waals surface area (Å²) in [6, 6.07) is 8.48. The van der Waals surface area contributed by atoms with Gasteiger partial charge in [0.1, 0.15) is 5.88 Å². The first-order valence-electron chi connectivity index (χ1n) is 5.52. The number of rotatable bonds is 3. The van der Waals surface area contributed by atoms with Crippen LogP contribution in [-0.4, -0.2) is 18.3 Å². The normalized spacial score (nSPS) is 16.9. The molecule has 0 saturated heterocycles. The van der Waals surface area contributed by atoms with Crippen LogP contribution in [0.2, 0.25) is 0 Å². The van der Waals surface area contributed by atoms with Gasteiger partial charge in [-0.25, -0.2) is 0 Å². The van der Waals surface area contributed by atoms with Gasteiger partial charge in [0.15, 0.2) is 0 Å². The van der Waals surface area contributed by atoms with Gasteiger partial charge in [0.05, 0.1) is 0 Å². The van der Waals surface area contributed by atoms with E-state index < -0.39 is 0 Å². The summed E-state index contributed by atoms with van der Waals surface area (Å²) in [6.07, 6.45) is 2.07. The summed E-state index contributed by atoms with van der Waals surface area (Å²) in [5, 5.41) is 2.88. The fraction of sp³-hybridized carbons (Fsp3) is 0.462. The van der Waals surface area contributed by atoms with E-state index in [2.05, 4.69) is 36.5 Å². The third-order valence-electron chi connectivity index (χ3n) is 3.19. The second-order valence-electron chi connectivity index (χ2n) is 4.84. The van der Waals surface area contributed by atoms with Crippen molar-refractivity contribution in [1.29, 1.82) is 0 Å². The van der Waals surface area contributed by atoms with E-state index in [4.69, 9.17) is 11.6 Å². The van der Waals surface area contributed by atoms with Crippen LogP contribution in [0.5, 0.6) is 0 Å². The average Bonchev–Trinajstić information content (AvgIpc) is 2.62. The summed E-state index contributed by atoms with van der Waals surface area (Å²) in [5.74, 6) is -0.0397. The molecule has 86 valence electrons. The number of hydrogen-bond acceptors (Lipinski definition) is 1. The lowest BCUT2D eigenvalue weighted by atomic mass is 9.87. The minimum Gasteiger partial charge on any atom is -0.354 e. The predicted molar refractivity (Wildman–Crippen MR) is 65.7 cm³/mol. The lowest BCUT2D eigenvalue weighted by molar-refractivity contribution is -0.119. The molecule has 0 atom stereocenters. The predicted octanol–water partition coefficient (Wildman–Crippen LogP) is 2.15. The van der Waals surface area contributed by atoms with Crippen LogP contribution in [0, 0.1) is 5.41 Å². The smallest absolute Gasteiger partial charge is 0.234 e. The number of nitrogens with one attached hydrogen (secondary N) is 1. The maximum absolute atomic E-state index is 11.1. The molecule has 0 fully saturated rings. The monoisotopic (exact) mass is 237 g/mol. The lowest BCUT2D eigenvalue weighted by Gasteiger charge is -2.23. The van der Waals surface area contributed by atoms with Crippen LogP contribution in [0.3, 0.4) is 0 Å². The summed E-state index contributed by atoms with van der Waals surface area (Å²) in [4.78, 5) is 11.1. The van der Waals surface area contributed by atoms with E-state index in [0.29, 0.717) is 6.54 Å². The molecule has 0 heterocycles. The Hall–Kier alpha value is -1.02. The van der Waals surface area contributed by atoms with Crippen LogP contribution >= 0.6 is 11.6 Å². The third kappa shape index (κ3) is 2.38. The molecule has 0 aromatic heterocycles. The Balaban J connectivity index is 2.00. The number of carbonyl (C=O) groups excluding carboxylic acids is 1. The SMILES string of the molecule is CC1(CNC(=O)CCl)Cc2ccccc2C1. The number of fused-ring (bicyclic) bond motifs is 1. The van der Waals surface area contributed by atoms with Crippen molar-refractivity contribution in [2.24, 2.45) is 5.41 Å². The molecular formula is C13H16ClNO. The van der Waals surface area contributed by atoms with E-state index in [1.807, 2.05) is 0 Å². The molecule has 2 nitrogen and oxygen atoms in total. The molecule has 1 amide bonds. The van der Waals surface area contributed by atoms with Gasteiger partial charge in [-0.3, -0.25) is 4.79 Å². The van der Waals surface area contributed by atoms with Crippen LogP contribution in [0.15, 0.2) is 24.3 Å². The minimum absolute atomic E-state index is 0.0447. The summed E-state index contributed by atoms with van der Waals surface area (Å²) < 4.78 is 0. The number of amides is 1. The quantitative estimate of drug-likeness (QED) is 0.802. The minimum atomic E-state index is -0.0844. The number of benzene rings is 1. The fourth-order valence-electron chi connectivity index (χ4n) is 2.37. The number of carbonyl (C=O) groups is 1. The largest absolute Gasteiger partial charge is 0.354 e. The van der Waals surface area contributed by atoms with Crippen LogP contribution in [0.25, 0.3) is 0 Å². The Morgan fingerprint density at radius 3 is 2.44 bits per heavy atom. The second kappa shape index (κ2) is 4.46. The molecule has 16 heavy (non-hydrogen) atoms. The van der Waals surface area contributed by atoms with Gasteiger partial charge in [0.25, 0.3) is 0 Å². The molecule has 0 radical (unpaired) electrons. The van der Waals surface area contributed by atoms with E-state index in [9.17, 15) is 4.79 Å². The van der Waals surface area contributed by atoms with Gasteiger partial charge in [-0.15, -0.1) is 11.6 Å². The van der Waals surface area contributed by atoms with Crippen molar-refractivity contribution in [1.82, 2.24) is 5.32 Å². The Bertz CT molecular complexity index is 378. The highest BCUT2D eigenvalue weighted by Crippen LogP contribution is 2.35. The summed E-state index contributed by atoms with van der Waals surface area (Å²) in [7, 11) is 0. The van der Waals surface area contributed by atoms with Crippen LogP contribution in [-0.2, 0) is 17.6 Å². The van der Waals surface area contributed by atoms with Crippen molar-refractivity contribution in [3.63, 3.8) is 0 Å². The number of halogens is 1. The maximum atomic E-state index is 11.1. The lowest BCUT2D eigenvalue weighted by Crippen LogP contribution is -2.36. The van der Waals surface area contributed by atoms with Gasteiger partial charge in [-0.1, -0.05) is 31.2 Å². The topological polar surface area (TPSA) is 29.1 Å². The molecule has 3 heteroatoms. The van der Waals surface area contributed by atoms with E-state index in [0.717, 1.165) is 12.8 Å². The zero-order valence-electron chi connectivity index (χ0n) is 9.42. The van der Waals surface area contributed by atoms with Crippen LogP contribution < -0.4 is 5.32 Å². The highest BCUT2D eigenvalue weighted by Gasteiger charge is 2.32. The van der Waals surface area contributed by atoms with E-state index >= 15 is 0 Å². The average molecular weight is 238 g/mol. The van der Waals surface area contributed by atoms with Crippen molar-refractivity contribution >= 4 is 17.5 Å². The Morgan fingerprint density at radius 1 is 1.38 bits per heavy atom. The Morgan fingerprint density at radius 2 is 1.94 bits per heavy atom. The first-order valence-corrected chi connectivity index (χ1v) is 6.06. The van der Waals surface area contributed by atoms with Crippen molar-refractivity contribution in [2.75, 3.05) is 12.4 Å². The molecule has 1 aromatic carbocycles. The number of hydrogen-bond donors (Lipinski definition) is 1. The first kappa shape index (κ1) is 11.5. The first-order chi connectivity index (χ1) is 7.63. The maximum Gasteiger partial charge on any atom is 0.234 e. The molecule has 0 bridgehead atoms. The summed E-state index contributed by atoms with van der Waals surface area (Å²) in [6.45, 7) is 2.91. The van der Waals surface area contributed by atoms with Crippen molar-refractivity contribution in [2.45, 2.75) is 19.8 Å². The van der Waals surface area contributed by atoms with Gasteiger partial charge in [-0.05, 0) is 29.4 Å². The van der Waals surface area contributed by atoms with Gasteiger partial charge < -0.3 is 5.32 Å². The highest BCUT2D eigenvalue weighted by molar-refractivity contribution is 6.27. The van der Waals surface area contributed by atoms with Gasteiger partial charge >= 0.3 is 0 Å². The van der Waals surface area contributed by atoms with Crippen LogP contribution in [0.1, 0.15) is 18.1 Å². The molecule has 1 aliphatic rings. The molecule has 0 aliphatic heterocycles. The molecule has 0 unspecified atom stereocenters. The zero-order valence-corrected chi connectivity index (χ0v) is 10.2. The third-order valence-corrected chi connectivity index (χ3v) is 3.43. The Labute approximate surface area is 101 Å². The molecule has 2 rings (SSSR count). The molecule has 0 saturated carbocycles. The molecule has 1 N–H and O–H groups in total.